The molecule has 1 fully saturated rings. The summed E-state index contributed by atoms with van der Waals surface area (Å²) in [6, 6.07) is 0.0389. The normalized spacial score (nSPS) is 23.6. The van der Waals surface area contributed by atoms with Crippen LogP contribution in [0, 0.1) is 11.3 Å². The van der Waals surface area contributed by atoms with Crippen molar-refractivity contribution in [3.05, 3.63) is 0 Å². The highest BCUT2D eigenvalue weighted by Gasteiger charge is 2.41. The lowest BCUT2D eigenvalue weighted by atomic mass is 9.85. The van der Waals surface area contributed by atoms with E-state index in [0.29, 0.717) is 31.9 Å². The van der Waals surface area contributed by atoms with Gasteiger partial charge in [-0.15, -0.1) is 24.0 Å². The van der Waals surface area contributed by atoms with E-state index in [1.54, 1.807) is 7.11 Å². The van der Waals surface area contributed by atoms with E-state index in [-0.39, 0.29) is 54.4 Å². The Bertz CT molecular complexity index is 403. The summed E-state index contributed by atoms with van der Waals surface area (Å²) in [5.41, 5.74) is -0.0274. The Morgan fingerprint density at radius 1 is 1.16 bits per heavy atom. The van der Waals surface area contributed by atoms with Crippen LogP contribution >= 0.6 is 24.0 Å². The molecule has 0 heterocycles. The van der Waals surface area contributed by atoms with Gasteiger partial charge in [-0.3, -0.25) is 4.99 Å². The maximum atomic E-state index is 12.7. The number of rotatable bonds is 5. The van der Waals surface area contributed by atoms with Crippen molar-refractivity contribution in [3.63, 3.8) is 0 Å². The molecular weight excluding hydrogens is 446 g/mol. The average molecular weight is 479 g/mol. The molecule has 0 amide bonds. The lowest BCUT2D eigenvalue weighted by Crippen LogP contribution is -2.46. The predicted octanol–water partition coefficient (Wildman–Crippen LogP) is 4.34. The van der Waals surface area contributed by atoms with Gasteiger partial charge in [0.25, 0.3) is 0 Å². The van der Waals surface area contributed by atoms with Crippen molar-refractivity contribution in [1.29, 1.82) is 0 Å². The molecule has 0 spiro atoms. The Labute approximate surface area is 166 Å². The third-order valence-electron chi connectivity index (χ3n) is 4.54. The first-order valence-electron chi connectivity index (χ1n) is 8.72. The van der Waals surface area contributed by atoms with E-state index in [0.717, 1.165) is 0 Å². The molecule has 25 heavy (non-hydrogen) atoms. The van der Waals surface area contributed by atoms with Gasteiger partial charge in [0.2, 0.25) is 0 Å². The Morgan fingerprint density at radius 2 is 1.72 bits per heavy atom. The summed E-state index contributed by atoms with van der Waals surface area (Å²) in [5.74, 6) is -0.506. The molecule has 0 saturated heterocycles. The SMILES string of the molecule is CCNC(=NCC(OC)C(C)(C)C)NC1CCC(C(F)(F)F)CC1.I. The van der Waals surface area contributed by atoms with E-state index >= 15 is 0 Å². The van der Waals surface area contributed by atoms with Gasteiger partial charge in [-0.1, -0.05) is 20.8 Å². The number of halogens is 4. The number of nitrogens with one attached hydrogen (secondary N) is 2. The third-order valence-corrected chi connectivity index (χ3v) is 4.54. The lowest BCUT2D eigenvalue weighted by molar-refractivity contribution is -0.182. The van der Waals surface area contributed by atoms with Gasteiger partial charge in [0, 0.05) is 19.7 Å². The topological polar surface area (TPSA) is 45.7 Å². The van der Waals surface area contributed by atoms with E-state index in [9.17, 15) is 13.2 Å². The molecule has 0 radical (unpaired) electrons. The molecule has 1 aliphatic carbocycles. The molecule has 0 aromatic heterocycles. The second-order valence-corrected chi connectivity index (χ2v) is 7.54. The molecule has 0 aromatic carbocycles. The average Bonchev–Trinajstić information content (AvgIpc) is 2.46. The summed E-state index contributed by atoms with van der Waals surface area (Å²) >= 11 is 0. The summed E-state index contributed by atoms with van der Waals surface area (Å²) in [6.45, 7) is 9.46. The quantitative estimate of drug-likeness (QED) is 0.351. The highest BCUT2D eigenvalue weighted by molar-refractivity contribution is 14.0. The van der Waals surface area contributed by atoms with E-state index in [1.165, 1.54) is 0 Å². The first kappa shape index (κ1) is 24.8. The van der Waals surface area contributed by atoms with Crippen LogP contribution in [-0.2, 0) is 4.74 Å². The summed E-state index contributed by atoms with van der Waals surface area (Å²) in [5, 5.41) is 6.44. The summed E-state index contributed by atoms with van der Waals surface area (Å²) < 4.78 is 43.7. The van der Waals surface area contributed by atoms with Crippen molar-refractivity contribution in [2.24, 2.45) is 16.3 Å². The molecule has 0 aliphatic heterocycles. The van der Waals surface area contributed by atoms with Crippen molar-refractivity contribution in [3.8, 4) is 0 Å². The van der Waals surface area contributed by atoms with Crippen LogP contribution in [0.1, 0.15) is 53.4 Å². The number of ether oxygens (including phenoxy) is 1. The van der Waals surface area contributed by atoms with Crippen LogP contribution in [0.4, 0.5) is 13.2 Å². The number of alkyl halides is 3. The molecule has 1 atom stereocenters. The van der Waals surface area contributed by atoms with Crippen molar-refractivity contribution < 1.29 is 17.9 Å². The van der Waals surface area contributed by atoms with Gasteiger partial charge in [-0.25, -0.2) is 0 Å². The Balaban J connectivity index is 0.00000576. The number of hydrogen-bond donors (Lipinski definition) is 2. The second-order valence-electron chi connectivity index (χ2n) is 7.54. The van der Waals surface area contributed by atoms with Crippen molar-refractivity contribution in [1.82, 2.24) is 10.6 Å². The van der Waals surface area contributed by atoms with E-state index < -0.39 is 12.1 Å². The zero-order valence-corrected chi connectivity index (χ0v) is 18.2. The number of guanidine groups is 1. The van der Waals surface area contributed by atoms with Crippen LogP contribution in [0.2, 0.25) is 0 Å². The van der Waals surface area contributed by atoms with Crippen LogP contribution in [-0.4, -0.2) is 44.5 Å². The van der Waals surface area contributed by atoms with Crippen molar-refractivity contribution >= 4 is 29.9 Å². The Hall–Kier alpha value is -0.250. The minimum Gasteiger partial charge on any atom is -0.379 e. The third kappa shape index (κ3) is 8.79. The first-order chi connectivity index (χ1) is 11.1. The fourth-order valence-corrected chi connectivity index (χ4v) is 2.95. The zero-order chi connectivity index (χ0) is 18.4. The standard InChI is InChI=1S/C17H32F3N3O.HI/c1-6-21-15(22-11-14(24-5)16(2,3)4)23-13-9-7-12(8-10-13)17(18,19)20;/h12-14H,6-11H2,1-5H3,(H2,21,22,23);1H. The van der Waals surface area contributed by atoms with Crippen LogP contribution < -0.4 is 10.6 Å². The zero-order valence-electron chi connectivity index (χ0n) is 15.9. The van der Waals surface area contributed by atoms with Crippen molar-refractivity contribution in [2.75, 3.05) is 20.2 Å². The minimum absolute atomic E-state index is 0. The van der Waals surface area contributed by atoms with Gasteiger partial charge in [0.05, 0.1) is 18.6 Å². The maximum Gasteiger partial charge on any atom is 0.391 e. The molecule has 4 nitrogen and oxygen atoms in total. The number of nitrogens with zero attached hydrogens (tertiary/aromatic N) is 1. The highest BCUT2D eigenvalue weighted by Crippen LogP contribution is 2.37. The summed E-state index contributed by atoms with van der Waals surface area (Å²) in [6.07, 6.45) is -2.69. The van der Waals surface area contributed by atoms with Gasteiger partial charge < -0.3 is 15.4 Å². The van der Waals surface area contributed by atoms with Crippen LogP contribution in [0.5, 0.6) is 0 Å². The van der Waals surface area contributed by atoms with Crippen LogP contribution in [0.15, 0.2) is 4.99 Å². The van der Waals surface area contributed by atoms with E-state index in [4.69, 9.17) is 4.74 Å². The van der Waals surface area contributed by atoms with Crippen LogP contribution in [0.25, 0.3) is 0 Å². The molecule has 0 bridgehead atoms. The maximum absolute atomic E-state index is 12.7. The predicted molar refractivity (Wildman–Crippen MR) is 107 cm³/mol. The smallest absolute Gasteiger partial charge is 0.379 e. The molecule has 2 N–H and O–H groups in total. The van der Waals surface area contributed by atoms with E-state index in [2.05, 4.69) is 36.4 Å². The number of hydrogen-bond acceptors (Lipinski definition) is 2. The van der Waals surface area contributed by atoms with Crippen molar-refractivity contribution in [2.45, 2.75) is 71.7 Å². The Morgan fingerprint density at radius 3 is 2.12 bits per heavy atom. The van der Waals surface area contributed by atoms with Crippen LogP contribution in [0.3, 0.4) is 0 Å². The molecule has 0 aromatic rings. The lowest BCUT2D eigenvalue weighted by Gasteiger charge is -2.31. The van der Waals surface area contributed by atoms with Gasteiger partial charge in [-0.05, 0) is 38.0 Å². The largest absolute Gasteiger partial charge is 0.391 e. The first-order valence-corrected chi connectivity index (χ1v) is 8.72. The van der Waals surface area contributed by atoms with Gasteiger partial charge >= 0.3 is 6.18 Å². The van der Waals surface area contributed by atoms with Gasteiger partial charge in [0.1, 0.15) is 0 Å². The summed E-state index contributed by atoms with van der Waals surface area (Å²) in [4.78, 5) is 4.56. The Kier molecular flexibility index (Phi) is 10.7. The monoisotopic (exact) mass is 479 g/mol. The molecule has 8 heteroatoms. The van der Waals surface area contributed by atoms with Gasteiger partial charge in [-0.2, -0.15) is 13.2 Å². The fourth-order valence-electron chi connectivity index (χ4n) is 2.95. The molecule has 1 aliphatic rings. The number of methoxy groups -OCH3 is 1. The second kappa shape index (κ2) is 10.8. The number of aliphatic imine (C=N–C) groups is 1. The fraction of sp³-hybridized carbons (Fsp3) is 0.941. The van der Waals surface area contributed by atoms with E-state index in [1.807, 2.05) is 6.92 Å². The molecule has 1 rings (SSSR count). The molecule has 1 saturated carbocycles. The highest BCUT2D eigenvalue weighted by atomic mass is 127. The molecule has 1 unspecified atom stereocenters. The van der Waals surface area contributed by atoms with Gasteiger partial charge in [0.15, 0.2) is 5.96 Å². The molecule has 150 valence electrons. The molecular formula is C17H33F3IN3O. The minimum atomic E-state index is -4.07. The summed E-state index contributed by atoms with van der Waals surface area (Å²) in [7, 11) is 1.67.